The quantitative estimate of drug-likeness (QED) is 0.357. The van der Waals surface area contributed by atoms with Crippen molar-refractivity contribution < 1.29 is 27.5 Å². The number of carbonyl (C=O) groups excluding carboxylic acids is 2. The number of aryl methyl sites for hydroxylation is 1. The van der Waals surface area contributed by atoms with Crippen LogP contribution in [-0.4, -0.2) is 52.1 Å². The molecule has 0 fully saturated rings. The van der Waals surface area contributed by atoms with E-state index in [2.05, 4.69) is 4.72 Å². The van der Waals surface area contributed by atoms with Gasteiger partial charge in [-0.15, -0.1) is 0 Å². The Bertz CT molecular complexity index is 994. The summed E-state index contributed by atoms with van der Waals surface area (Å²) in [5.41, 5.74) is 2.30. The van der Waals surface area contributed by atoms with Crippen molar-refractivity contribution in [2.24, 2.45) is 0 Å². The average Bonchev–Trinajstić information content (AvgIpc) is 3.00. The van der Waals surface area contributed by atoms with Gasteiger partial charge in [0.05, 0.1) is 10.5 Å². The van der Waals surface area contributed by atoms with Crippen LogP contribution in [0.4, 0.5) is 0 Å². The van der Waals surface area contributed by atoms with Gasteiger partial charge in [-0.2, -0.15) is 0 Å². The summed E-state index contributed by atoms with van der Waals surface area (Å²) < 4.78 is 38.1. The molecule has 0 aliphatic carbocycles. The number of nitrogens with one attached hydrogen (secondary N) is 1. The van der Waals surface area contributed by atoms with E-state index in [0.717, 1.165) is 24.4 Å². The van der Waals surface area contributed by atoms with Crippen molar-refractivity contribution in [1.29, 1.82) is 0 Å². The summed E-state index contributed by atoms with van der Waals surface area (Å²) in [4.78, 5) is 24.8. The lowest BCUT2D eigenvalue weighted by Gasteiger charge is -2.09. The predicted octanol–water partition coefficient (Wildman–Crippen LogP) is 2.09. The zero-order valence-electron chi connectivity index (χ0n) is 17.0. The highest BCUT2D eigenvalue weighted by atomic mass is 32.2. The lowest BCUT2D eigenvalue weighted by Crippen LogP contribution is -2.19. The van der Waals surface area contributed by atoms with Gasteiger partial charge in [0.15, 0.2) is 6.61 Å². The second-order valence-corrected chi connectivity index (χ2v) is 8.40. The molecule has 0 atom stereocenters. The van der Waals surface area contributed by atoms with Gasteiger partial charge in [0.25, 0.3) is 0 Å². The fraction of sp³-hybridized carbons (Fsp3) is 0.400. The van der Waals surface area contributed by atoms with Crippen molar-refractivity contribution >= 4 is 21.8 Å². The molecule has 0 radical (unpaired) electrons. The van der Waals surface area contributed by atoms with Crippen LogP contribution in [0, 0.1) is 13.8 Å². The Hall–Kier alpha value is -2.49. The van der Waals surface area contributed by atoms with Crippen molar-refractivity contribution in [2.45, 2.75) is 31.7 Å². The zero-order chi connectivity index (χ0) is 21.6. The van der Waals surface area contributed by atoms with E-state index in [9.17, 15) is 18.0 Å². The second kappa shape index (κ2) is 9.82. The third-order valence-electron chi connectivity index (χ3n) is 4.59. The summed E-state index contributed by atoms with van der Waals surface area (Å²) in [5, 5.41) is 0. The van der Waals surface area contributed by atoms with Crippen molar-refractivity contribution in [2.75, 3.05) is 27.4 Å². The number of nitrogens with zero attached hydrogens (tertiary/aromatic N) is 1. The highest BCUT2D eigenvalue weighted by Gasteiger charge is 2.19. The number of sulfonamides is 1. The second-order valence-electron chi connectivity index (χ2n) is 6.52. The van der Waals surface area contributed by atoms with Crippen LogP contribution in [0.2, 0.25) is 0 Å². The highest BCUT2D eigenvalue weighted by molar-refractivity contribution is 7.89. The number of methoxy groups -OCH3 is 1. The maximum atomic E-state index is 12.5. The Labute approximate surface area is 170 Å². The number of ketones is 1. The van der Waals surface area contributed by atoms with Gasteiger partial charge in [0, 0.05) is 37.2 Å². The highest BCUT2D eigenvalue weighted by Crippen LogP contribution is 2.17. The molecule has 9 heteroatoms. The molecule has 29 heavy (non-hydrogen) atoms. The van der Waals surface area contributed by atoms with Gasteiger partial charge in [-0.05, 0) is 51.6 Å². The number of hydrogen-bond acceptors (Lipinski definition) is 6. The number of esters is 1. The van der Waals surface area contributed by atoms with Crippen molar-refractivity contribution in [3.63, 3.8) is 0 Å². The number of hydrogen-bond donors (Lipinski definition) is 1. The van der Waals surface area contributed by atoms with Crippen LogP contribution >= 0.6 is 0 Å². The fourth-order valence-corrected chi connectivity index (χ4v) is 3.77. The number of carbonyl (C=O) groups is 2. The minimum absolute atomic E-state index is 0.0548. The Morgan fingerprint density at radius 1 is 1.17 bits per heavy atom. The summed E-state index contributed by atoms with van der Waals surface area (Å²) in [7, 11) is -0.758. The first-order valence-electron chi connectivity index (χ1n) is 9.11. The van der Waals surface area contributed by atoms with Crippen LogP contribution in [0.5, 0.6) is 0 Å². The first-order valence-corrected chi connectivity index (χ1v) is 10.6. The molecule has 0 saturated heterocycles. The topological polar surface area (TPSA) is 104 Å². The van der Waals surface area contributed by atoms with Gasteiger partial charge in [-0.3, -0.25) is 4.79 Å². The largest absolute Gasteiger partial charge is 0.454 e. The van der Waals surface area contributed by atoms with Crippen LogP contribution in [0.1, 0.15) is 38.5 Å². The number of aromatic nitrogens is 1. The minimum Gasteiger partial charge on any atom is -0.454 e. The molecule has 2 aromatic rings. The molecule has 1 aromatic heterocycles. The van der Waals surface area contributed by atoms with E-state index in [4.69, 9.17) is 9.47 Å². The maximum Gasteiger partial charge on any atom is 0.338 e. The lowest BCUT2D eigenvalue weighted by molar-refractivity contribution is 0.0474. The van der Waals surface area contributed by atoms with E-state index in [0.29, 0.717) is 12.2 Å². The first kappa shape index (κ1) is 22.8. The van der Waals surface area contributed by atoms with Crippen LogP contribution in [0.25, 0.3) is 0 Å². The number of benzene rings is 1. The Morgan fingerprint density at radius 3 is 2.55 bits per heavy atom. The number of rotatable bonds is 10. The first-order chi connectivity index (χ1) is 13.7. The summed E-state index contributed by atoms with van der Waals surface area (Å²) in [5.74, 6) is -1.08. The van der Waals surface area contributed by atoms with Crippen molar-refractivity contribution in [3.05, 3.63) is 52.8 Å². The Balaban J connectivity index is 2.07. The molecule has 0 aliphatic heterocycles. The molecule has 2 rings (SSSR count). The third-order valence-corrected chi connectivity index (χ3v) is 6.00. The molecule has 1 aromatic carbocycles. The normalized spacial score (nSPS) is 11.4. The van der Waals surface area contributed by atoms with E-state index in [1.54, 1.807) is 13.2 Å². The molecule has 158 valence electrons. The standard InChI is InChI=1S/C20H26N2O6S/c1-14-11-18(15(2)22(14)9-6-10-27-4)19(23)13-28-20(24)16-7-5-8-17(12-16)29(25,26)21-3/h5,7-8,11-12,21H,6,9-10,13H2,1-4H3. The molecule has 0 bridgehead atoms. The van der Waals surface area contributed by atoms with Gasteiger partial charge in [0.2, 0.25) is 15.8 Å². The molecule has 1 heterocycles. The average molecular weight is 423 g/mol. The molecule has 0 amide bonds. The van der Waals surface area contributed by atoms with Gasteiger partial charge >= 0.3 is 5.97 Å². The van der Waals surface area contributed by atoms with Crippen LogP contribution in [-0.2, 0) is 26.0 Å². The Kier molecular flexibility index (Phi) is 7.72. The minimum atomic E-state index is -3.68. The summed E-state index contributed by atoms with van der Waals surface area (Å²) >= 11 is 0. The molecular formula is C20H26N2O6S. The van der Waals surface area contributed by atoms with E-state index in [-0.39, 0.29) is 16.2 Å². The molecule has 8 nitrogen and oxygen atoms in total. The number of Topliss-reactive ketones (excluding diaryl/α,β-unsaturated/α-hetero) is 1. The molecule has 0 spiro atoms. The van der Waals surface area contributed by atoms with Crippen LogP contribution in [0.15, 0.2) is 35.2 Å². The van der Waals surface area contributed by atoms with E-state index in [1.807, 2.05) is 18.4 Å². The van der Waals surface area contributed by atoms with Gasteiger partial charge in [0.1, 0.15) is 0 Å². The van der Waals surface area contributed by atoms with Crippen LogP contribution in [0.3, 0.4) is 0 Å². The Morgan fingerprint density at radius 2 is 1.90 bits per heavy atom. The smallest absolute Gasteiger partial charge is 0.338 e. The zero-order valence-corrected chi connectivity index (χ0v) is 17.8. The third kappa shape index (κ3) is 5.53. The summed E-state index contributed by atoms with van der Waals surface area (Å²) in [6, 6.07) is 7.23. The number of ether oxygens (including phenoxy) is 2. The van der Waals surface area contributed by atoms with E-state index in [1.165, 1.54) is 31.3 Å². The van der Waals surface area contributed by atoms with E-state index < -0.39 is 22.6 Å². The summed E-state index contributed by atoms with van der Waals surface area (Å²) in [6.07, 6.45) is 0.821. The van der Waals surface area contributed by atoms with Gasteiger partial charge < -0.3 is 14.0 Å². The molecule has 0 saturated carbocycles. The predicted molar refractivity (Wildman–Crippen MR) is 108 cm³/mol. The molecular weight excluding hydrogens is 396 g/mol. The maximum absolute atomic E-state index is 12.5. The van der Waals surface area contributed by atoms with E-state index >= 15 is 0 Å². The van der Waals surface area contributed by atoms with Crippen molar-refractivity contribution in [3.8, 4) is 0 Å². The monoisotopic (exact) mass is 422 g/mol. The van der Waals surface area contributed by atoms with Crippen molar-refractivity contribution in [1.82, 2.24) is 9.29 Å². The lowest BCUT2D eigenvalue weighted by atomic mass is 10.1. The SMILES string of the molecule is CNS(=O)(=O)c1cccc(C(=O)OCC(=O)c2cc(C)n(CCCOC)c2C)c1. The molecule has 0 unspecified atom stereocenters. The molecule has 1 N–H and O–H groups in total. The molecule has 0 aliphatic rings. The fourth-order valence-electron chi connectivity index (χ4n) is 2.99. The van der Waals surface area contributed by atoms with Gasteiger partial charge in [-0.1, -0.05) is 6.07 Å². The van der Waals surface area contributed by atoms with Crippen LogP contribution < -0.4 is 4.72 Å². The van der Waals surface area contributed by atoms with Gasteiger partial charge in [-0.25, -0.2) is 17.9 Å². The summed E-state index contributed by atoms with van der Waals surface area (Å²) in [6.45, 7) is 4.69.